The maximum absolute atomic E-state index is 9.78. The Hall–Kier alpha value is -2.99. The molecule has 3 heterocycles. The third-order valence-corrected chi connectivity index (χ3v) is 4.42. The molecular formula is C19H19N5O. The van der Waals surface area contributed by atoms with Gasteiger partial charge < -0.3 is 9.67 Å². The monoisotopic (exact) mass is 333 g/mol. The van der Waals surface area contributed by atoms with E-state index < -0.39 is 0 Å². The zero-order valence-electron chi connectivity index (χ0n) is 14.2. The van der Waals surface area contributed by atoms with Gasteiger partial charge >= 0.3 is 0 Å². The lowest BCUT2D eigenvalue weighted by Gasteiger charge is -2.17. The highest BCUT2D eigenvalue weighted by Crippen LogP contribution is 2.27. The van der Waals surface area contributed by atoms with Crippen molar-refractivity contribution in [3.05, 3.63) is 66.2 Å². The van der Waals surface area contributed by atoms with Gasteiger partial charge in [-0.3, -0.25) is 4.68 Å². The Bertz CT molecular complexity index is 1020. The fourth-order valence-corrected chi connectivity index (χ4v) is 3.13. The van der Waals surface area contributed by atoms with Gasteiger partial charge in [0, 0.05) is 18.8 Å². The Morgan fingerprint density at radius 1 is 1.08 bits per heavy atom. The summed E-state index contributed by atoms with van der Waals surface area (Å²) in [7, 11) is 1.88. The maximum atomic E-state index is 9.78. The number of rotatable bonds is 4. The molecule has 3 aromatic heterocycles. The lowest BCUT2D eigenvalue weighted by molar-refractivity contribution is 0.264. The lowest BCUT2D eigenvalue weighted by Crippen LogP contribution is -2.11. The number of nitrogens with zero attached hydrogens (tertiary/aromatic N) is 5. The molecule has 0 fully saturated rings. The number of aromatic nitrogens is 5. The summed E-state index contributed by atoms with van der Waals surface area (Å²) in [6, 6.07) is 14.1. The van der Waals surface area contributed by atoms with Crippen molar-refractivity contribution < 1.29 is 5.11 Å². The van der Waals surface area contributed by atoms with Crippen LogP contribution in [0.4, 0.5) is 0 Å². The van der Waals surface area contributed by atoms with Crippen molar-refractivity contribution in [2.45, 2.75) is 19.6 Å². The molecule has 0 aliphatic carbocycles. The molecular weight excluding hydrogens is 314 g/mol. The van der Waals surface area contributed by atoms with E-state index in [9.17, 15) is 5.11 Å². The minimum Gasteiger partial charge on any atom is -0.388 e. The van der Waals surface area contributed by atoms with Crippen LogP contribution in [0.5, 0.6) is 0 Å². The molecule has 4 rings (SSSR count). The zero-order valence-corrected chi connectivity index (χ0v) is 14.2. The molecule has 0 bridgehead atoms. The second-order valence-corrected chi connectivity index (χ2v) is 6.08. The topological polar surface area (TPSA) is 68.8 Å². The van der Waals surface area contributed by atoms with Crippen LogP contribution in [0.25, 0.3) is 22.4 Å². The number of hydrogen-bond donors (Lipinski definition) is 1. The molecule has 6 heteroatoms. The van der Waals surface area contributed by atoms with Crippen LogP contribution in [-0.4, -0.2) is 29.4 Å². The van der Waals surface area contributed by atoms with Crippen molar-refractivity contribution in [1.82, 2.24) is 24.3 Å². The standard InChI is InChI=1S/C19H19N5O/c1-13(14-6-4-3-5-7-14)24-18(12-25)21-17-9-8-16(22-19(17)24)15-10-20-23(2)11-15/h3-11,13,25H,12H2,1-2H3/t13-/m1/s1. The van der Waals surface area contributed by atoms with E-state index in [0.29, 0.717) is 5.82 Å². The predicted octanol–water partition coefficient (Wildman–Crippen LogP) is 2.93. The van der Waals surface area contributed by atoms with Gasteiger partial charge in [0.15, 0.2) is 5.65 Å². The van der Waals surface area contributed by atoms with Crippen molar-refractivity contribution >= 4 is 11.2 Å². The minimum atomic E-state index is -0.129. The largest absolute Gasteiger partial charge is 0.388 e. The highest BCUT2D eigenvalue weighted by atomic mass is 16.3. The lowest BCUT2D eigenvalue weighted by atomic mass is 10.1. The summed E-state index contributed by atoms with van der Waals surface area (Å²) in [6.45, 7) is 1.96. The summed E-state index contributed by atoms with van der Waals surface area (Å²) >= 11 is 0. The third kappa shape index (κ3) is 2.70. The maximum Gasteiger partial charge on any atom is 0.161 e. The quantitative estimate of drug-likeness (QED) is 0.623. The van der Waals surface area contributed by atoms with Gasteiger partial charge in [-0.2, -0.15) is 5.10 Å². The fraction of sp³-hybridized carbons (Fsp3) is 0.211. The van der Waals surface area contributed by atoms with Crippen molar-refractivity contribution in [3.63, 3.8) is 0 Å². The van der Waals surface area contributed by atoms with Gasteiger partial charge in [-0.25, -0.2) is 9.97 Å². The third-order valence-electron chi connectivity index (χ3n) is 4.42. The molecule has 0 amide bonds. The average Bonchev–Trinajstić information content (AvgIpc) is 3.24. The molecule has 1 atom stereocenters. The first-order valence-electron chi connectivity index (χ1n) is 8.20. The summed E-state index contributed by atoms with van der Waals surface area (Å²) in [4.78, 5) is 9.36. The molecule has 6 nitrogen and oxygen atoms in total. The average molecular weight is 333 g/mol. The zero-order chi connectivity index (χ0) is 17.4. The number of benzene rings is 1. The van der Waals surface area contributed by atoms with Crippen molar-refractivity contribution in [1.29, 1.82) is 0 Å². The summed E-state index contributed by atoms with van der Waals surface area (Å²) < 4.78 is 3.76. The van der Waals surface area contributed by atoms with Crippen molar-refractivity contribution in [3.8, 4) is 11.3 Å². The molecule has 0 spiro atoms. The van der Waals surface area contributed by atoms with E-state index in [4.69, 9.17) is 4.98 Å². The number of imidazole rings is 1. The second kappa shape index (κ2) is 6.14. The van der Waals surface area contributed by atoms with E-state index in [0.717, 1.165) is 28.0 Å². The molecule has 0 radical (unpaired) electrons. The summed E-state index contributed by atoms with van der Waals surface area (Å²) in [5, 5.41) is 14.0. The van der Waals surface area contributed by atoms with Gasteiger partial charge in [-0.05, 0) is 24.6 Å². The number of hydrogen-bond acceptors (Lipinski definition) is 4. The summed E-state index contributed by atoms with van der Waals surface area (Å²) in [6.07, 6.45) is 3.73. The van der Waals surface area contributed by atoms with Gasteiger partial charge in [0.2, 0.25) is 0 Å². The first-order chi connectivity index (χ1) is 12.2. The summed E-state index contributed by atoms with van der Waals surface area (Å²) in [5.74, 6) is 0.613. The normalized spacial score (nSPS) is 12.6. The first-order valence-corrected chi connectivity index (χ1v) is 8.20. The van der Waals surface area contributed by atoms with Gasteiger partial charge in [-0.1, -0.05) is 30.3 Å². The van der Waals surface area contributed by atoms with Crippen LogP contribution in [0.1, 0.15) is 24.4 Å². The smallest absolute Gasteiger partial charge is 0.161 e. The molecule has 0 saturated heterocycles. The van der Waals surface area contributed by atoms with Crippen molar-refractivity contribution in [2.24, 2.45) is 7.05 Å². The molecule has 1 aromatic carbocycles. The molecule has 0 unspecified atom stereocenters. The van der Waals surface area contributed by atoms with Gasteiger partial charge in [-0.15, -0.1) is 0 Å². The van der Waals surface area contributed by atoms with Gasteiger partial charge in [0.1, 0.15) is 17.9 Å². The molecule has 126 valence electrons. The fourth-order valence-electron chi connectivity index (χ4n) is 3.13. The number of aliphatic hydroxyl groups excluding tert-OH is 1. The summed E-state index contributed by atoms with van der Waals surface area (Å²) in [5.41, 5.74) is 4.48. The highest BCUT2D eigenvalue weighted by Gasteiger charge is 2.18. The minimum absolute atomic E-state index is 0.0185. The Morgan fingerprint density at radius 2 is 1.88 bits per heavy atom. The van der Waals surface area contributed by atoms with Crippen LogP contribution in [0.15, 0.2) is 54.9 Å². The Morgan fingerprint density at radius 3 is 2.56 bits per heavy atom. The van der Waals surface area contributed by atoms with Crippen LogP contribution in [0, 0.1) is 0 Å². The number of pyridine rings is 1. The number of fused-ring (bicyclic) bond motifs is 1. The van der Waals surface area contributed by atoms with Crippen LogP contribution in [-0.2, 0) is 13.7 Å². The van der Waals surface area contributed by atoms with Crippen LogP contribution in [0.2, 0.25) is 0 Å². The van der Waals surface area contributed by atoms with E-state index in [1.807, 2.05) is 48.1 Å². The molecule has 25 heavy (non-hydrogen) atoms. The van der Waals surface area contributed by atoms with E-state index in [-0.39, 0.29) is 12.6 Å². The van der Waals surface area contributed by atoms with Crippen LogP contribution >= 0.6 is 0 Å². The molecule has 1 N–H and O–H groups in total. The van der Waals surface area contributed by atoms with Gasteiger partial charge in [0.25, 0.3) is 0 Å². The number of aliphatic hydroxyl groups is 1. The SMILES string of the molecule is C[C@H](c1ccccc1)n1c(CO)nc2ccc(-c3cnn(C)c3)nc21. The second-order valence-electron chi connectivity index (χ2n) is 6.08. The molecule has 0 aliphatic rings. The van der Waals surface area contributed by atoms with Crippen LogP contribution < -0.4 is 0 Å². The van der Waals surface area contributed by atoms with E-state index in [1.54, 1.807) is 10.9 Å². The van der Waals surface area contributed by atoms with E-state index >= 15 is 0 Å². The van der Waals surface area contributed by atoms with E-state index in [1.165, 1.54) is 0 Å². The van der Waals surface area contributed by atoms with E-state index in [2.05, 4.69) is 29.1 Å². The highest BCUT2D eigenvalue weighted by molar-refractivity contribution is 5.76. The van der Waals surface area contributed by atoms with Crippen LogP contribution in [0.3, 0.4) is 0 Å². The first kappa shape index (κ1) is 15.5. The van der Waals surface area contributed by atoms with Crippen molar-refractivity contribution in [2.75, 3.05) is 0 Å². The molecule has 0 aliphatic heterocycles. The molecule has 0 saturated carbocycles. The Labute approximate surface area is 145 Å². The molecule has 4 aromatic rings. The van der Waals surface area contributed by atoms with Gasteiger partial charge in [0.05, 0.1) is 17.9 Å². The predicted molar refractivity (Wildman–Crippen MR) is 95.9 cm³/mol. The number of aryl methyl sites for hydroxylation is 1. The Kier molecular flexibility index (Phi) is 3.82. The Balaban J connectivity index is 1.89.